The second kappa shape index (κ2) is 8.34. The normalized spacial score (nSPS) is 11.9. The number of benzene rings is 1. The average molecular weight is 357 g/mol. The van der Waals surface area contributed by atoms with E-state index < -0.39 is 0 Å². The van der Waals surface area contributed by atoms with Gasteiger partial charge in [-0.2, -0.15) is 0 Å². The zero-order chi connectivity index (χ0) is 17.5. The summed E-state index contributed by atoms with van der Waals surface area (Å²) >= 11 is 5.96. The fraction of sp³-hybridized carbons (Fsp3) is 0.235. The van der Waals surface area contributed by atoms with Gasteiger partial charge in [0.1, 0.15) is 6.33 Å². The minimum atomic E-state index is -0.0653. The predicted octanol–water partition coefficient (Wildman–Crippen LogP) is 2.21. The third-order valence-electron chi connectivity index (χ3n) is 3.76. The van der Waals surface area contributed by atoms with E-state index in [1.54, 1.807) is 10.9 Å². The molecule has 0 fully saturated rings. The molecule has 2 heterocycles. The van der Waals surface area contributed by atoms with Crippen LogP contribution in [0.15, 0.2) is 55.0 Å². The Morgan fingerprint density at radius 3 is 2.72 bits per heavy atom. The molecule has 1 aromatic carbocycles. The van der Waals surface area contributed by atoms with Crippen molar-refractivity contribution in [2.75, 3.05) is 0 Å². The first-order valence-electron chi connectivity index (χ1n) is 7.83. The quantitative estimate of drug-likeness (QED) is 0.701. The SMILES string of the molecule is O=C(C[C@H](Cn1cnnn1)c1ccc(Cl)cc1)NCc1ccccn1. The lowest BCUT2D eigenvalue weighted by Crippen LogP contribution is -2.26. The summed E-state index contributed by atoms with van der Waals surface area (Å²) in [6.45, 7) is 0.906. The van der Waals surface area contributed by atoms with Crippen molar-refractivity contribution in [2.45, 2.75) is 25.4 Å². The van der Waals surface area contributed by atoms with E-state index in [4.69, 9.17) is 11.6 Å². The number of hydrogen-bond donors (Lipinski definition) is 1. The van der Waals surface area contributed by atoms with Gasteiger partial charge in [-0.25, -0.2) is 4.68 Å². The molecule has 0 spiro atoms. The van der Waals surface area contributed by atoms with Crippen molar-refractivity contribution in [2.24, 2.45) is 0 Å². The van der Waals surface area contributed by atoms with Crippen LogP contribution < -0.4 is 5.32 Å². The highest BCUT2D eigenvalue weighted by Crippen LogP contribution is 2.23. The van der Waals surface area contributed by atoms with Crippen molar-refractivity contribution in [3.63, 3.8) is 0 Å². The van der Waals surface area contributed by atoms with Gasteiger partial charge in [-0.3, -0.25) is 9.78 Å². The van der Waals surface area contributed by atoms with Crippen molar-refractivity contribution in [1.82, 2.24) is 30.5 Å². The number of hydrogen-bond acceptors (Lipinski definition) is 5. The van der Waals surface area contributed by atoms with E-state index in [-0.39, 0.29) is 11.8 Å². The van der Waals surface area contributed by atoms with Crippen LogP contribution in [0.1, 0.15) is 23.6 Å². The second-order valence-corrected chi connectivity index (χ2v) is 6.02. The maximum Gasteiger partial charge on any atom is 0.221 e. The zero-order valence-electron chi connectivity index (χ0n) is 13.4. The number of nitrogens with zero attached hydrogens (tertiary/aromatic N) is 5. The lowest BCUT2D eigenvalue weighted by molar-refractivity contribution is -0.121. The highest BCUT2D eigenvalue weighted by molar-refractivity contribution is 6.30. The summed E-state index contributed by atoms with van der Waals surface area (Å²) in [5.74, 6) is -0.122. The van der Waals surface area contributed by atoms with E-state index >= 15 is 0 Å². The number of nitrogens with one attached hydrogen (secondary N) is 1. The van der Waals surface area contributed by atoms with Crippen molar-refractivity contribution < 1.29 is 4.79 Å². The minimum absolute atomic E-state index is 0.0568. The molecular formula is C17H17ClN6O. The summed E-state index contributed by atoms with van der Waals surface area (Å²) in [6, 6.07) is 13.1. The van der Waals surface area contributed by atoms with Crippen LogP contribution in [0.4, 0.5) is 0 Å². The van der Waals surface area contributed by atoms with E-state index in [9.17, 15) is 4.79 Å². The molecule has 0 unspecified atom stereocenters. The zero-order valence-corrected chi connectivity index (χ0v) is 14.2. The molecule has 0 aliphatic heterocycles. The van der Waals surface area contributed by atoms with E-state index in [0.717, 1.165) is 11.3 Å². The standard InChI is InChI=1S/C17H17ClN6O/c18-15-6-4-13(5-7-15)14(11-24-12-21-22-23-24)9-17(25)20-10-16-3-1-2-8-19-16/h1-8,12,14H,9-11H2,(H,20,25)/t14-/m1/s1. The number of aromatic nitrogens is 5. The van der Waals surface area contributed by atoms with Gasteiger partial charge in [-0.15, -0.1) is 5.10 Å². The monoisotopic (exact) mass is 356 g/mol. The van der Waals surface area contributed by atoms with Crippen LogP contribution in [-0.4, -0.2) is 31.1 Å². The predicted molar refractivity (Wildman–Crippen MR) is 92.7 cm³/mol. The first-order valence-corrected chi connectivity index (χ1v) is 8.21. The summed E-state index contributed by atoms with van der Waals surface area (Å²) in [7, 11) is 0. The molecule has 0 aliphatic rings. The number of carbonyl (C=O) groups excluding carboxylic acids is 1. The molecule has 1 amide bonds. The minimum Gasteiger partial charge on any atom is -0.350 e. The second-order valence-electron chi connectivity index (χ2n) is 5.58. The van der Waals surface area contributed by atoms with Gasteiger partial charge in [0, 0.05) is 23.6 Å². The molecule has 0 saturated carbocycles. The van der Waals surface area contributed by atoms with Crippen LogP contribution in [0.3, 0.4) is 0 Å². The number of amides is 1. The van der Waals surface area contributed by atoms with Crippen LogP contribution in [0.5, 0.6) is 0 Å². The highest BCUT2D eigenvalue weighted by atomic mass is 35.5. The third-order valence-corrected chi connectivity index (χ3v) is 4.02. The smallest absolute Gasteiger partial charge is 0.221 e. The number of tetrazole rings is 1. The van der Waals surface area contributed by atoms with Crippen LogP contribution in [0.25, 0.3) is 0 Å². The van der Waals surface area contributed by atoms with Crippen LogP contribution in [-0.2, 0) is 17.9 Å². The Bertz CT molecular complexity index is 792. The van der Waals surface area contributed by atoms with Gasteiger partial charge in [-0.05, 0) is 40.3 Å². The Labute approximate surface area is 150 Å². The van der Waals surface area contributed by atoms with Gasteiger partial charge in [0.15, 0.2) is 0 Å². The lowest BCUT2D eigenvalue weighted by atomic mass is 9.95. The van der Waals surface area contributed by atoms with E-state index in [0.29, 0.717) is 24.5 Å². The summed E-state index contributed by atoms with van der Waals surface area (Å²) in [4.78, 5) is 16.6. The average Bonchev–Trinajstić information content (AvgIpc) is 3.14. The first kappa shape index (κ1) is 17.0. The van der Waals surface area contributed by atoms with Crippen molar-refractivity contribution in [1.29, 1.82) is 0 Å². The molecule has 0 radical (unpaired) electrons. The number of carbonyl (C=O) groups is 1. The number of rotatable bonds is 7. The van der Waals surface area contributed by atoms with Gasteiger partial charge in [0.05, 0.1) is 18.8 Å². The highest BCUT2D eigenvalue weighted by Gasteiger charge is 2.17. The lowest BCUT2D eigenvalue weighted by Gasteiger charge is -2.17. The fourth-order valence-corrected chi connectivity index (χ4v) is 2.63. The summed E-state index contributed by atoms with van der Waals surface area (Å²) in [6.07, 6.45) is 3.55. The molecular weight excluding hydrogens is 340 g/mol. The largest absolute Gasteiger partial charge is 0.350 e. The molecule has 8 heteroatoms. The van der Waals surface area contributed by atoms with E-state index in [2.05, 4.69) is 25.8 Å². The molecule has 7 nitrogen and oxygen atoms in total. The van der Waals surface area contributed by atoms with Crippen LogP contribution in [0.2, 0.25) is 5.02 Å². The van der Waals surface area contributed by atoms with Gasteiger partial charge in [-0.1, -0.05) is 29.8 Å². The molecule has 2 aromatic heterocycles. The molecule has 1 N–H and O–H groups in total. The summed E-state index contributed by atoms with van der Waals surface area (Å²) in [5, 5.41) is 14.7. The maximum absolute atomic E-state index is 12.4. The van der Waals surface area contributed by atoms with Gasteiger partial charge in [0.25, 0.3) is 0 Å². The Morgan fingerprint density at radius 1 is 1.20 bits per heavy atom. The maximum atomic E-state index is 12.4. The fourth-order valence-electron chi connectivity index (χ4n) is 2.50. The molecule has 1 atom stereocenters. The molecule has 3 aromatic rings. The first-order chi connectivity index (χ1) is 12.2. The Morgan fingerprint density at radius 2 is 2.04 bits per heavy atom. The van der Waals surface area contributed by atoms with Gasteiger partial charge >= 0.3 is 0 Å². The molecule has 25 heavy (non-hydrogen) atoms. The molecule has 0 bridgehead atoms. The van der Waals surface area contributed by atoms with Gasteiger partial charge in [0.2, 0.25) is 5.91 Å². The Kier molecular flexibility index (Phi) is 5.69. The molecule has 0 aliphatic carbocycles. The van der Waals surface area contributed by atoms with Gasteiger partial charge < -0.3 is 5.32 Å². The molecule has 3 rings (SSSR count). The third kappa shape index (κ3) is 5.09. The number of halogens is 1. The summed E-state index contributed by atoms with van der Waals surface area (Å²) < 4.78 is 1.62. The van der Waals surface area contributed by atoms with Crippen molar-refractivity contribution in [3.8, 4) is 0 Å². The van der Waals surface area contributed by atoms with E-state index in [1.807, 2.05) is 42.5 Å². The van der Waals surface area contributed by atoms with E-state index in [1.165, 1.54) is 6.33 Å². The topological polar surface area (TPSA) is 85.6 Å². The summed E-state index contributed by atoms with van der Waals surface area (Å²) in [5.41, 5.74) is 1.83. The van der Waals surface area contributed by atoms with Crippen molar-refractivity contribution in [3.05, 3.63) is 71.3 Å². The molecule has 0 saturated heterocycles. The van der Waals surface area contributed by atoms with Crippen LogP contribution >= 0.6 is 11.6 Å². The Balaban J connectivity index is 1.66. The molecule has 128 valence electrons. The Hall–Kier alpha value is -2.80. The van der Waals surface area contributed by atoms with Crippen LogP contribution in [0, 0.1) is 0 Å². The number of pyridine rings is 1. The van der Waals surface area contributed by atoms with Crippen molar-refractivity contribution >= 4 is 17.5 Å².